The summed E-state index contributed by atoms with van der Waals surface area (Å²) >= 11 is 1.57. The molecular formula is C13H16N4OS. The SMILES string of the molecule is Cc1nc(CN(C)C(=O)c2ccc(N)cc2N)cs1. The van der Waals surface area contributed by atoms with Crippen LogP contribution in [0.5, 0.6) is 0 Å². The summed E-state index contributed by atoms with van der Waals surface area (Å²) in [5.74, 6) is -0.136. The van der Waals surface area contributed by atoms with Crippen molar-refractivity contribution in [1.82, 2.24) is 9.88 Å². The number of nitrogen functional groups attached to an aromatic ring is 2. The van der Waals surface area contributed by atoms with E-state index < -0.39 is 0 Å². The van der Waals surface area contributed by atoms with Gasteiger partial charge < -0.3 is 16.4 Å². The molecule has 0 aliphatic heterocycles. The Morgan fingerprint density at radius 3 is 2.74 bits per heavy atom. The number of anilines is 2. The van der Waals surface area contributed by atoms with Crippen molar-refractivity contribution in [3.8, 4) is 0 Å². The van der Waals surface area contributed by atoms with Crippen molar-refractivity contribution in [3.05, 3.63) is 39.8 Å². The van der Waals surface area contributed by atoms with E-state index in [0.29, 0.717) is 23.5 Å². The molecule has 4 N–H and O–H groups in total. The summed E-state index contributed by atoms with van der Waals surface area (Å²) < 4.78 is 0. The lowest BCUT2D eigenvalue weighted by atomic mass is 10.1. The second-order valence-electron chi connectivity index (χ2n) is 4.37. The highest BCUT2D eigenvalue weighted by atomic mass is 32.1. The lowest BCUT2D eigenvalue weighted by Gasteiger charge is -2.17. The number of aromatic nitrogens is 1. The van der Waals surface area contributed by atoms with Gasteiger partial charge in [0.05, 0.1) is 22.8 Å². The molecule has 0 saturated carbocycles. The lowest BCUT2D eigenvalue weighted by molar-refractivity contribution is 0.0784. The van der Waals surface area contributed by atoms with Gasteiger partial charge in [-0.05, 0) is 25.1 Å². The number of aryl methyl sites for hydroxylation is 1. The van der Waals surface area contributed by atoms with Crippen molar-refractivity contribution >= 4 is 28.6 Å². The fraction of sp³-hybridized carbons (Fsp3) is 0.231. The number of rotatable bonds is 3. The van der Waals surface area contributed by atoms with Gasteiger partial charge in [-0.1, -0.05) is 0 Å². The Bertz CT molecular complexity index is 608. The van der Waals surface area contributed by atoms with Crippen LogP contribution in [0.25, 0.3) is 0 Å². The topological polar surface area (TPSA) is 85.2 Å². The number of amides is 1. The van der Waals surface area contributed by atoms with Gasteiger partial charge in [0.25, 0.3) is 5.91 Å². The smallest absolute Gasteiger partial charge is 0.256 e. The molecule has 0 radical (unpaired) electrons. The van der Waals surface area contributed by atoms with Gasteiger partial charge in [0.2, 0.25) is 0 Å². The summed E-state index contributed by atoms with van der Waals surface area (Å²) in [5, 5.41) is 2.94. The van der Waals surface area contributed by atoms with Crippen LogP contribution in [-0.2, 0) is 6.54 Å². The van der Waals surface area contributed by atoms with Crippen molar-refractivity contribution in [2.45, 2.75) is 13.5 Å². The van der Waals surface area contributed by atoms with E-state index >= 15 is 0 Å². The maximum absolute atomic E-state index is 12.3. The molecule has 100 valence electrons. The summed E-state index contributed by atoms with van der Waals surface area (Å²) in [6.45, 7) is 2.40. The first-order valence-electron chi connectivity index (χ1n) is 5.79. The fourth-order valence-corrected chi connectivity index (χ4v) is 2.38. The largest absolute Gasteiger partial charge is 0.399 e. The molecule has 5 nitrogen and oxygen atoms in total. The number of nitrogens with two attached hydrogens (primary N) is 2. The predicted molar refractivity (Wildman–Crippen MR) is 77.9 cm³/mol. The van der Waals surface area contributed by atoms with Crippen molar-refractivity contribution in [1.29, 1.82) is 0 Å². The van der Waals surface area contributed by atoms with Crippen LogP contribution in [0, 0.1) is 6.92 Å². The Labute approximate surface area is 115 Å². The first-order valence-corrected chi connectivity index (χ1v) is 6.67. The van der Waals surface area contributed by atoms with Crippen LogP contribution >= 0.6 is 11.3 Å². The molecule has 0 aliphatic rings. The molecule has 0 bridgehead atoms. The highest BCUT2D eigenvalue weighted by Gasteiger charge is 2.15. The van der Waals surface area contributed by atoms with Crippen LogP contribution in [0.15, 0.2) is 23.6 Å². The molecule has 19 heavy (non-hydrogen) atoms. The Morgan fingerprint density at radius 1 is 1.42 bits per heavy atom. The van der Waals surface area contributed by atoms with Gasteiger partial charge in [-0.3, -0.25) is 4.79 Å². The van der Waals surface area contributed by atoms with Crippen LogP contribution < -0.4 is 11.5 Å². The minimum Gasteiger partial charge on any atom is -0.399 e. The molecule has 0 fully saturated rings. The van der Waals surface area contributed by atoms with E-state index in [9.17, 15) is 4.79 Å². The molecule has 1 amide bonds. The third kappa shape index (κ3) is 3.03. The van der Waals surface area contributed by atoms with Gasteiger partial charge in [0.1, 0.15) is 0 Å². The van der Waals surface area contributed by atoms with Crippen molar-refractivity contribution in [2.24, 2.45) is 0 Å². The molecule has 0 atom stereocenters. The fourth-order valence-electron chi connectivity index (χ4n) is 1.78. The molecule has 0 saturated heterocycles. The molecule has 1 aromatic carbocycles. The van der Waals surface area contributed by atoms with E-state index in [-0.39, 0.29) is 5.91 Å². The molecule has 1 aromatic heterocycles. The van der Waals surface area contributed by atoms with Gasteiger partial charge in [0.15, 0.2) is 0 Å². The van der Waals surface area contributed by atoms with E-state index in [0.717, 1.165) is 10.7 Å². The highest BCUT2D eigenvalue weighted by molar-refractivity contribution is 7.09. The molecule has 6 heteroatoms. The van der Waals surface area contributed by atoms with E-state index in [1.807, 2.05) is 12.3 Å². The van der Waals surface area contributed by atoms with Gasteiger partial charge in [-0.25, -0.2) is 4.98 Å². The van der Waals surface area contributed by atoms with Crippen LogP contribution in [0.1, 0.15) is 21.1 Å². The standard InChI is InChI=1S/C13H16N4OS/c1-8-16-10(7-19-8)6-17(2)13(18)11-4-3-9(14)5-12(11)15/h3-5,7H,6,14-15H2,1-2H3. The first kappa shape index (κ1) is 13.4. The number of hydrogen-bond donors (Lipinski definition) is 2. The summed E-state index contributed by atoms with van der Waals surface area (Å²) in [6.07, 6.45) is 0. The monoisotopic (exact) mass is 276 g/mol. The average molecular weight is 276 g/mol. The average Bonchev–Trinajstić information content (AvgIpc) is 2.74. The van der Waals surface area contributed by atoms with Gasteiger partial charge in [-0.2, -0.15) is 0 Å². The minimum atomic E-state index is -0.136. The van der Waals surface area contributed by atoms with E-state index in [4.69, 9.17) is 11.5 Å². The zero-order chi connectivity index (χ0) is 14.0. The Morgan fingerprint density at radius 2 is 2.16 bits per heavy atom. The van der Waals surface area contributed by atoms with Crippen molar-refractivity contribution in [2.75, 3.05) is 18.5 Å². The molecule has 0 aliphatic carbocycles. The first-order chi connectivity index (χ1) is 8.97. The number of hydrogen-bond acceptors (Lipinski definition) is 5. The molecule has 0 unspecified atom stereocenters. The number of thiazole rings is 1. The molecule has 2 rings (SSSR count). The Kier molecular flexibility index (Phi) is 3.71. The van der Waals surface area contributed by atoms with E-state index in [2.05, 4.69) is 4.98 Å². The third-order valence-corrected chi connectivity index (χ3v) is 3.54. The summed E-state index contributed by atoms with van der Waals surface area (Å²) in [6, 6.07) is 4.91. The molecule has 0 spiro atoms. The van der Waals surface area contributed by atoms with Crippen LogP contribution in [0.4, 0.5) is 11.4 Å². The lowest BCUT2D eigenvalue weighted by Crippen LogP contribution is -2.27. The van der Waals surface area contributed by atoms with Crippen LogP contribution in [0.2, 0.25) is 0 Å². The second-order valence-corrected chi connectivity index (χ2v) is 5.43. The molecule has 1 heterocycles. The maximum atomic E-state index is 12.3. The summed E-state index contributed by atoms with van der Waals surface area (Å²) in [7, 11) is 1.73. The Balaban J connectivity index is 2.14. The number of carbonyl (C=O) groups excluding carboxylic acids is 1. The zero-order valence-corrected chi connectivity index (χ0v) is 11.7. The normalized spacial score (nSPS) is 10.4. The Hall–Kier alpha value is -2.08. The molecular weight excluding hydrogens is 260 g/mol. The molecule has 2 aromatic rings. The van der Waals surface area contributed by atoms with Crippen LogP contribution in [0.3, 0.4) is 0 Å². The van der Waals surface area contributed by atoms with Gasteiger partial charge in [-0.15, -0.1) is 11.3 Å². The third-order valence-electron chi connectivity index (χ3n) is 2.72. The predicted octanol–water partition coefficient (Wildman–Crippen LogP) is 1.89. The maximum Gasteiger partial charge on any atom is 0.256 e. The quantitative estimate of drug-likeness (QED) is 0.838. The van der Waals surface area contributed by atoms with E-state index in [1.54, 1.807) is 41.5 Å². The highest BCUT2D eigenvalue weighted by Crippen LogP contribution is 2.18. The van der Waals surface area contributed by atoms with Gasteiger partial charge in [0, 0.05) is 23.8 Å². The number of carbonyl (C=O) groups is 1. The number of benzene rings is 1. The minimum absolute atomic E-state index is 0.136. The van der Waals surface area contributed by atoms with Crippen molar-refractivity contribution in [3.63, 3.8) is 0 Å². The van der Waals surface area contributed by atoms with E-state index in [1.165, 1.54) is 0 Å². The van der Waals surface area contributed by atoms with Crippen LogP contribution in [-0.4, -0.2) is 22.8 Å². The zero-order valence-electron chi connectivity index (χ0n) is 10.9. The van der Waals surface area contributed by atoms with Crippen molar-refractivity contribution < 1.29 is 4.79 Å². The summed E-state index contributed by atoms with van der Waals surface area (Å²) in [5.41, 5.74) is 13.7. The summed E-state index contributed by atoms with van der Waals surface area (Å²) in [4.78, 5) is 18.2. The van der Waals surface area contributed by atoms with Gasteiger partial charge >= 0.3 is 0 Å². The number of nitrogens with zero attached hydrogens (tertiary/aromatic N) is 2. The second kappa shape index (κ2) is 5.27.